The Morgan fingerprint density at radius 1 is 0.824 bits per heavy atom. The van der Waals surface area contributed by atoms with Gasteiger partial charge in [-0.25, -0.2) is 4.85 Å². The monoisotopic (exact) mass is 464 g/mol. The van der Waals surface area contributed by atoms with Gasteiger partial charge in [0, 0.05) is 45.3 Å². The normalized spacial score (nSPS) is 14.1. The molecule has 2 aromatic carbocycles. The highest BCUT2D eigenvalue weighted by atomic mass is 16.5. The molecule has 2 aromatic rings. The van der Waals surface area contributed by atoms with E-state index >= 15 is 0 Å². The van der Waals surface area contributed by atoms with Gasteiger partial charge < -0.3 is 28.7 Å². The Morgan fingerprint density at radius 3 is 1.85 bits per heavy atom. The molecule has 0 radical (unpaired) electrons. The molecule has 0 aromatic heterocycles. The van der Waals surface area contributed by atoms with Crippen molar-refractivity contribution < 1.29 is 18.9 Å². The van der Waals surface area contributed by atoms with Crippen LogP contribution in [0.2, 0.25) is 0 Å². The number of nitriles is 1. The molecule has 1 saturated heterocycles. The standard InChI is InChI=1S/C26H32N4O4/c1-28-22-7-9-24(26(19-22)32-3)34-17-5-11-30-14-12-29(13-15-30)10-4-16-33-23-8-6-21(20-27)18-25(23)31-2/h6-9,18-19H,4-5,10-17H2,2-3H3. The van der Waals surface area contributed by atoms with Crippen LogP contribution in [0.25, 0.3) is 4.85 Å². The molecular formula is C26H32N4O4. The van der Waals surface area contributed by atoms with E-state index in [1.54, 1.807) is 50.6 Å². The first-order valence-corrected chi connectivity index (χ1v) is 11.5. The van der Waals surface area contributed by atoms with Crippen LogP contribution in [-0.2, 0) is 0 Å². The van der Waals surface area contributed by atoms with Crippen LogP contribution in [0.3, 0.4) is 0 Å². The van der Waals surface area contributed by atoms with Crippen molar-refractivity contribution >= 4 is 5.69 Å². The second-order valence-electron chi connectivity index (χ2n) is 8.01. The number of rotatable bonds is 12. The molecule has 0 spiro atoms. The van der Waals surface area contributed by atoms with E-state index in [2.05, 4.69) is 20.7 Å². The first-order chi connectivity index (χ1) is 16.7. The summed E-state index contributed by atoms with van der Waals surface area (Å²) in [6.07, 6.45) is 1.87. The lowest BCUT2D eigenvalue weighted by molar-refractivity contribution is 0.120. The van der Waals surface area contributed by atoms with E-state index in [0.717, 1.165) is 52.1 Å². The van der Waals surface area contributed by atoms with Crippen molar-refractivity contribution in [1.29, 1.82) is 5.26 Å². The fraction of sp³-hybridized carbons (Fsp3) is 0.462. The van der Waals surface area contributed by atoms with Crippen molar-refractivity contribution in [2.45, 2.75) is 12.8 Å². The van der Waals surface area contributed by atoms with Crippen molar-refractivity contribution in [3.8, 4) is 29.1 Å². The lowest BCUT2D eigenvalue weighted by atomic mass is 10.2. The summed E-state index contributed by atoms with van der Waals surface area (Å²) < 4.78 is 22.4. The van der Waals surface area contributed by atoms with Crippen molar-refractivity contribution in [2.75, 3.05) is 66.7 Å². The van der Waals surface area contributed by atoms with Crippen LogP contribution in [0, 0.1) is 17.9 Å². The summed E-state index contributed by atoms with van der Waals surface area (Å²) in [5.41, 5.74) is 1.10. The van der Waals surface area contributed by atoms with Gasteiger partial charge in [0.05, 0.1) is 45.6 Å². The van der Waals surface area contributed by atoms with Gasteiger partial charge in [-0.05, 0) is 37.1 Å². The molecule has 34 heavy (non-hydrogen) atoms. The van der Waals surface area contributed by atoms with E-state index in [1.807, 2.05) is 0 Å². The van der Waals surface area contributed by atoms with Crippen LogP contribution in [-0.4, -0.2) is 76.5 Å². The minimum absolute atomic E-state index is 0.544. The molecule has 1 fully saturated rings. The zero-order valence-electron chi connectivity index (χ0n) is 20.0. The second-order valence-corrected chi connectivity index (χ2v) is 8.01. The zero-order valence-corrected chi connectivity index (χ0v) is 20.0. The van der Waals surface area contributed by atoms with Crippen LogP contribution in [0.15, 0.2) is 36.4 Å². The van der Waals surface area contributed by atoms with Gasteiger partial charge in [0.2, 0.25) is 0 Å². The number of piperazine rings is 1. The maximum absolute atomic E-state index is 8.99. The smallest absolute Gasteiger partial charge is 0.191 e. The van der Waals surface area contributed by atoms with Gasteiger partial charge in [-0.3, -0.25) is 0 Å². The Bertz CT molecular complexity index is 925. The van der Waals surface area contributed by atoms with Crippen molar-refractivity contribution in [3.63, 3.8) is 0 Å². The summed E-state index contributed by atoms with van der Waals surface area (Å²) in [4.78, 5) is 8.35. The summed E-state index contributed by atoms with van der Waals surface area (Å²) >= 11 is 0. The minimum atomic E-state index is 0.544. The fourth-order valence-corrected chi connectivity index (χ4v) is 3.88. The summed E-state index contributed by atoms with van der Waals surface area (Å²) in [6, 6.07) is 12.6. The van der Waals surface area contributed by atoms with Gasteiger partial charge >= 0.3 is 0 Å². The molecule has 3 rings (SSSR count). The van der Waals surface area contributed by atoms with Gasteiger partial charge in [0.25, 0.3) is 0 Å². The Hall–Kier alpha value is -3.46. The second kappa shape index (κ2) is 13.3. The fourth-order valence-electron chi connectivity index (χ4n) is 3.88. The van der Waals surface area contributed by atoms with Gasteiger partial charge in [-0.2, -0.15) is 5.26 Å². The van der Waals surface area contributed by atoms with Crippen LogP contribution >= 0.6 is 0 Å². The molecule has 0 saturated carbocycles. The molecule has 0 atom stereocenters. The first kappa shape index (κ1) is 25.2. The summed E-state index contributed by atoms with van der Waals surface area (Å²) in [5, 5.41) is 8.99. The molecule has 1 aliphatic rings. The Morgan fingerprint density at radius 2 is 1.35 bits per heavy atom. The maximum Gasteiger partial charge on any atom is 0.191 e. The van der Waals surface area contributed by atoms with E-state index in [-0.39, 0.29) is 0 Å². The number of nitrogens with zero attached hydrogens (tertiary/aromatic N) is 4. The number of ether oxygens (including phenoxy) is 4. The van der Waals surface area contributed by atoms with Crippen molar-refractivity contribution in [3.05, 3.63) is 53.4 Å². The molecular weight excluding hydrogens is 432 g/mol. The number of benzene rings is 2. The summed E-state index contributed by atoms with van der Waals surface area (Å²) in [6.45, 7) is 14.5. The number of hydrogen-bond acceptors (Lipinski definition) is 7. The summed E-state index contributed by atoms with van der Waals surface area (Å²) in [5.74, 6) is 2.55. The van der Waals surface area contributed by atoms with Crippen LogP contribution < -0.4 is 18.9 Å². The summed E-state index contributed by atoms with van der Waals surface area (Å²) in [7, 11) is 3.17. The van der Waals surface area contributed by atoms with E-state index < -0.39 is 0 Å². The highest BCUT2D eigenvalue weighted by Crippen LogP contribution is 2.31. The predicted octanol–water partition coefficient (Wildman–Crippen LogP) is 3.98. The number of hydrogen-bond donors (Lipinski definition) is 0. The zero-order chi connectivity index (χ0) is 24.2. The Balaban J connectivity index is 1.29. The molecule has 1 heterocycles. The number of methoxy groups -OCH3 is 2. The third kappa shape index (κ3) is 7.28. The van der Waals surface area contributed by atoms with Gasteiger partial charge in [-0.15, -0.1) is 0 Å². The van der Waals surface area contributed by atoms with E-state index in [0.29, 0.717) is 47.5 Å². The highest BCUT2D eigenvalue weighted by Gasteiger charge is 2.16. The minimum Gasteiger partial charge on any atom is -0.494 e. The lowest BCUT2D eigenvalue weighted by Crippen LogP contribution is -2.47. The largest absolute Gasteiger partial charge is 0.494 e. The molecule has 8 heteroatoms. The average Bonchev–Trinajstić information content (AvgIpc) is 2.89. The van der Waals surface area contributed by atoms with Gasteiger partial charge in [0.15, 0.2) is 22.9 Å². The highest BCUT2D eigenvalue weighted by molar-refractivity contribution is 5.55. The molecule has 1 aliphatic heterocycles. The molecule has 0 amide bonds. The molecule has 180 valence electrons. The third-order valence-electron chi connectivity index (χ3n) is 5.79. The van der Waals surface area contributed by atoms with E-state index in [9.17, 15) is 0 Å². The van der Waals surface area contributed by atoms with Crippen LogP contribution in [0.1, 0.15) is 18.4 Å². The van der Waals surface area contributed by atoms with Gasteiger partial charge in [-0.1, -0.05) is 6.07 Å². The molecule has 8 nitrogen and oxygen atoms in total. The molecule has 0 aliphatic carbocycles. The van der Waals surface area contributed by atoms with Crippen LogP contribution in [0.5, 0.6) is 23.0 Å². The predicted molar refractivity (Wildman–Crippen MR) is 130 cm³/mol. The van der Waals surface area contributed by atoms with Crippen molar-refractivity contribution in [2.24, 2.45) is 0 Å². The molecule has 0 unspecified atom stereocenters. The van der Waals surface area contributed by atoms with E-state index in [1.165, 1.54) is 0 Å². The first-order valence-electron chi connectivity index (χ1n) is 11.5. The Kier molecular flexibility index (Phi) is 9.84. The van der Waals surface area contributed by atoms with Crippen LogP contribution in [0.4, 0.5) is 5.69 Å². The quantitative estimate of drug-likeness (QED) is 0.348. The molecule has 0 N–H and O–H groups in total. The lowest BCUT2D eigenvalue weighted by Gasteiger charge is -2.34. The Labute approximate surface area is 202 Å². The maximum atomic E-state index is 8.99. The van der Waals surface area contributed by atoms with Gasteiger partial charge in [0.1, 0.15) is 5.75 Å². The van der Waals surface area contributed by atoms with E-state index in [4.69, 9.17) is 30.8 Å². The van der Waals surface area contributed by atoms with Crippen molar-refractivity contribution in [1.82, 2.24) is 9.80 Å². The molecule has 0 bridgehead atoms. The average molecular weight is 465 g/mol. The topological polar surface area (TPSA) is 71.6 Å². The SMILES string of the molecule is [C-]#[N+]c1ccc(OCCCN2CCN(CCCOc3ccc(C#N)cc3OC)CC2)c(OC)c1. The third-order valence-corrected chi connectivity index (χ3v) is 5.79.